The van der Waals surface area contributed by atoms with Crippen molar-refractivity contribution in [3.8, 4) is 0 Å². The number of hydrogen-bond donors (Lipinski definition) is 2. The van der Waals surface area contributed by atoms with Gasteiger partial charge in [-0.2, -0.15) is 0 Å². The van der Waals surface area contributed by atoms with E-state index in [9.17, 15) is 4.79 Å². The maximum Gasteiger partial charge on any atom is 0.220 e. The third kappa shape index (κ3) is 9.22. The molecule has 0 radical (unpaired) electrons. The van der Waals surface area contributed by atoms with Gasteiger partial charge in [0, 0.05) is 39.8 Å². The summed E-state index contributed by atoms with van der Waals surface area (Å²) in [5.41, 5.74) is 0. The molecule has 0 aromatic rings. The van der Waals surface area contributed by atoms with Crippen molar-refractivity contribution in [3.05, 3.63) is 12.7 Å². The van der Waals surface area contributed by atoms with Gasteiger partial charge in [0.15, 0.2) is 0 Å². The molecule has 82 valence electrons. The Morgan fingerprint density at radius 3 is 2.93 bits per heavy atom. The third-order valence-electron chi connectivity index (χ3n) is 1.66. The van der Waals surface area contributed by atoms with Crippen molar-refractivity contribution < 1.29 is 9.53 Å². The minimum atomic E-state index is 0.0856. The lowest BCUT2D eigenvalue weighted by atomic mass is 10.3. The van der Waals surface area contributed by atoms with E-state index < -0.39 is 0 Å². The summed E-state index contributed by atoms with van der Waals surface area (Å²) in [6, 6.07) is 0. The average Bonchev–Trinajstić information content (AvgIpc) is 2.18. The zero-order valence-corrected chi connectivity index (χ0v) is 8.84. The van der Waals surface area contributed by atoms with E-state index in [1.165, 1.54) is 0 Å². The fourth-order valence-corrected chi connectivity index (χ4v) is 0.960. The molecule has 0 bridgehead atoms. The van der Waals surface area contributed by atoms with Crippen LogP contribution in [0.3, 0.4) is 0 Å². The van der Waals surface area contributed by atoms with E-state index in [1.807, 2.05) is 0 Å². The van der Waals surface area contributed by atoms with E-state index in [0.717, 1.165) is 19.5 Å². The third-order valence-corrected chi connectivity index (χ3v) is 1.66. The molecule has 2 N–H and O–H groups in total. The quantitative estimate of drug-likeness (QED) is 0.416. The Kier molecular flexibility index (Phi) is 9.58. The highest BCUT2D eigenvalue weighted by Gasteiger charge is 1.98. The number of amides is 1. The van der Waals surface area contributed by atoms with Crippen LogP contribution in [0.1, 0.15) is 12.8 Å². The van der Waals surface area contributed by atoms with Crippen molar-refractivity contribution in [2.75, 3.05) is 33.4 Å². The Morgan fingerprint density at radius 1 is 1.50 bits per heavy atom. The van der Waals surface area contributed by atoms with Gasteiger partial charge in [-0.05, 0) is 6.42 Å². The van der Waals surface area contributed by atoms with Gasteiger partial charge in [-0.15, -0.1) is 6.58 Å². The second-order valence-electron chi connectivity index (χ2n) is 2.94. The molecule has 0 fully saturated rings. The Morgan fingerprint density at radius 2 is 2.29 bits per heavy atom. The van der Waals surface area contributed by atoms with Crippen LogP contribution in [-0.2, 0) is 9.53 Å². The fourth-order valence-electron chi connectivity index (χ4n) is 0.960. The molecule has 0 unspecified atom stereocenters. The smallest absolute Gasteiger partial charge is 0.220 e. The van der Waals surface area contributed by atoms with Crippen LogP contribution in [0.5, 0.6) is 0 Å². The van der Waals surface area contributed by atoms with E-state index in [4.69, 9.17) is 4.74 Å². The van der Waals surface area contributed by atoms with Crippen molar-refractivity contribution in [2.45, 2.75) is 12.8 Å². The maximum atomic E-state index is 11.1. The lowest BCUT2D eigenvalue weighted by molar-refractivity contribution is -0.121. The van der Waals surface area contributed by atoms with E-state index in [0.29, 0.717) is 19.6 Å². The molecular formula is C10H20N2O2. The monoisotopic (exact) mass is 200 g/mol. The summed E-state index contributed by atoms with van der Waals surface area (Å²) < 4.78 is 4.85. The molecule has 4 nitrogen and oxygen atoms in total. The highest BCUT2D eigenvalue weighted by molar-refractivity contribution is 5.75. The van der Waals surface area contributed by atoms with Gasteiger partial charge in [0.05, 0.1) is 0 Å². The van der Waals surface area contributed by atoms with Crippen LogP contribution in [-0.4, -0.2) is 39.3 Å². The van der Waals surface area contributed by atoms with Crippen molar-refractivity contribution >= 4 is 5.91 Å². The van der Waals surface area contributed by atoms with Gasteiger partial charge in [0.1, 0.15) is 0 Å². The topological polar surface area (TPSA) is 50.4 Å². The van der Waals surface area contributed by atoms with Crippen LogP contribution in [0.2, 0.25) is 0 Å². The molecule has 1 amide bonds. The SMILES string of the molecule is C=CCNCCNC(=O)CCCOC. The molecule has 0 saturated carbocycles. The van der Waals surface area contributed by atoms with Crippen LogP contribution < -0.4 is 10.6 Å². The summed E-state index contributed by atoms with van der Waals surface area (Å²) in [5, 5.41) is 5.91. The summed E-state index contributed by atoms with van der Waals surface area (Å²) in [6.07, 6.45) is 3.11. The van der Waals surface area contributed by atoms with Crippen LogP contribution in [0, 0.1) is 0 Å². The van der Waals surface area contributed by atoms with E-state index >= 15 is 0 Å². The lowest BCUT2D eigenvalue weighted by Gasteiger charge is -2.05. The predicted molar refractivity (Wildman–Crippen MR) is 57.2 cm³/mol. The molecule has 0 aliphatic heterocycles. The van der Waals surface area contributed by atoms with Crippen molar-refractivity contribution in [1.82, 2.24) is 10.6 Å². The summed E-state index contributed by atoms with van der Waals surface area (Å²) in [6.45, 7) is 6.44. The van der Waals surface area contributed by atoms with Crippen LogP contribution in [0.25, 0.3) is 0 Å². The predicted octanol–water partition coefficient (Wildman–Crippen LogP) is 0.305. The first kappa shape index (κ1) is 13.1. The first-order valence-electron chi connectivity index (χ1n) is 4.88. The largest absolute Gasteiger partial charge is 0.385 e. The lowest BCUT2D eigenvalue weighted by Crippen LogP contribution is -2.31. The van der Waals surface area contributed by atoms with Crippen LogP contribution >= 0.6 is 0 Å². The summed E-state index contributed by atoms with van der Waals surface area (Å²) in [7, 11) is 1.64. The minimum Gasteiger partial charge on any atom is -0.385 e. The molecule has 0 spiro atoms. The van der Waals surface area contributed by atoms with Crippen molar-refractivity contribution in [2.24, 2.45) is 0 Å². The van der Waals surface area contributed by atoms with Gasteiger partial charge in [0.25, 0.3) is 0 Å². The molecule has 0 heterocycles. The van der Waals surface area contributed by atoms with Gasteiger partial charge in [-0.25, -0.2) is 0 Å². The van der Waals surface area contributed by atoms with Gasteiger partial charge in [-0.3, -0.25) is 4.79 Å². The number of ether oxygens (including phenoxy) is 1. The molecule has 14 heavy (non-hydrogen) atoms. The number of rotatable bonds is 9. The zero-order valence-electron chi connectivity index (χ0n) is 8.84. The maximum absolute atomic E-state index is 11.1. The standard InChI is InChI=1S/C10H20N2O2/c1-3-6-11-7-8-12-10(13)5-4-9-14-2/h3,11H,1,4-9H2,2H3,(H,12,13). The molecule has 0 aliphatic rings. The number of methoxy groups -OCH3 is 1. The zero-order chi connectivity index (χ0) is 10.6. The van der Waals surface area contributed by atoms with Crippen LogP contribution in [0.4, 0.5) is 0 Å². The normalized spacial score (nSPS) is 9.79. The first-order valence-corrected chi connectivity index (χ1v) is 4.88. The average molecular weight is 200 g/mol. The second-order valence-corrected chi connectivity index (χ2v) is 2.94. The molecule has 0 aromatic carbocycles. The van der Waals surface area contributed by atoms with E-state index in [1.54, 1.807) is 13.2 Å². The van der Waals surface area contributed by atoms with Gasteiger partial charge in [-0.1, -0.05) is 6.08 Å². The van der Waals surface area contributed by atoms with Gasteiger partial charge < -0.3 is 15.4 Å². The number of nitrogens with one attached hydrogen (secondary N) is 2. The number of carbonyl (C=O) groups excluding carboxylic acids is 1. The molecule has 0 aliphatic carbocycles. The van der Waals surface area contributed by atoms with E-state index in [2.05, 4.69) is 17.2 Å². The molecule has 4 heteroatoms. The Balaban J connectivity index is 3.14. The molecular weight excluding hydrogens is 180 g/mol. The van der Waals surface area contributed by atoms with Crippen molar-refractivity contribution in [3.63, 3.8) is 0 Å². The van der Waals surface area contributed by atoms with Gasteiger partial charge >= 0.3 is 0 Å². The number of hydrogen-bond acceptors (Lipinski definition) is 3. The number of carbonyl (C=O) groups is 1. The van der Waals surface area contributed by atoms with Gasteiger partial charge in [0.2, 0.25) is 5.91 Å². The Bertz CT molecular complexity index is 160. The highest BCUT2D eigenvalue weighted by atomic mass is 16.5. The van der Waals surface area contributed by atoms with Crippen LogP contribution in [0.15, 0.2) is 12.7 Å². The molecule has 0 aromatic heterocycles. The summed E-state index contributed by atoms with van der Waals surface area (Å²) >= 11 is 0. The molecule has 0 atom stereocenters. The highest BCUT2D eigenvalue weighted by Crippen LogP contribution is 1.88. The summed E-state index contributed by atoms with van der Waals surface area (Å²) in [5.74, 6) is 0.0856. The summed E-state index contributed by atoms with van der Waals surface area (Å²) in [4.78, 5) is 11.1. The molecule has 0 rings (SSSR count). The first-order chi connectivity index (χ1) is 6.81. The Hall–Kier alpha value is -0.870. The Labute approximate surface area is 85.7 Å². The minimum absolute atomic E-state index is 0.0856. The van der Waals surface area contributed by atoms with E-state index in [-0.39, 0.29) is 5.91 Å². The van der Waals surface area contributed by atoms with Crippen molar-refractivity contribution in [1.29, 1.82) is 0 Å². The second kappa shape index (κ2) is 10.2. The molecule has 0 saturated heterocycles. The fraction of sp³-hybridized carbons (Fsp3) is 0.700.